The maximum atomic E-state index is 13.6. The Kier molecular flexibility index (Phi) is 6.15. The number of fused-ring (bicyclic) bond motifs is 1. The maximum absolute atomic E-state index is 13.6. The van der Waals surface area contributed by atoms with Gasteiger partial charge in [0, 0.05) is 53.7 Å². The molecule has 1 saturated heterocycles. The van der Waals surface area contributed by atoms with Crippen LogP contribution in [0.1, 0.15) is 10.5 Å². The molecule has 0 atom stereocenters. The van der Waals surface area contributed by atoms with Gasteiger partial charge >= 0.3 is 0 Å². The summed E-state index contributed by atoms with van der Waals surface area (Å²) in [6.45, 7) is 2.77. The summed E-state index contributed by atoms with van der Waals surface area (Å²) in [5.41, 5.74) is 1.48. The lowest BCUT2D eigenvalue weighted by atomic mass is 10.2. The van der Waals surface area contributed by atoms with E-state index < -0.39 is 0 Å². The number of aromatic amines is 1. The van der Waals surface area contributed by atoms with E-state index >= 15 is 0 Å². The largest absolute Gasteiger partial charge is 0.497 e. The minimum atomic E-state index is 0.00213. The highest BCUT2D eigenvalue weighted by Crippen LogP contribution is 2.38. The molecule has 0 saturated carbocycles. The van der Waals surface area contributed by atoms with Crippen molar-refractivity contribution in [2.75, 3.05) is 38.2 Å². The zero-order valence-corrected chi connectivity index (χ0v) is 19.7. The van der Waals surface area contributed by atoms with Crippen LogP contribution < -0.4 is 9.64 Å². The first-order valence-corrected chi connectivity index (χ1v) is 11.9. The topological polar surface area (TPSA) is 61.5 Å². The number of rotatable bonds is 5. The van der Waals surface area contributed by atoms with Crippen LogP contribution in [0.4, 0.5) is 5.82 Å². The summed E-state index contributed by atoms with van der Waals surface area (Å²) in [5, 5.41) is 1.68. The summed E-state index contributed by atoms with van der Waals surface area (Å²) in [6, 6.07) is 19.4. The standard InChI is InChI=1S/C25H23ClN4O2S/c1-32-18-7-10-20-21(16-18)28-23(24(20)33-19-8-5-17(26)6-9-19)25(31)30-14-12-29(13-15-30)22-4-2-3-11-27-22/h2-11,16,28H,12-15H2,1H3. The first kappa shape index (κ1) is 21.7. The van der Waals surface area contributed by atoms with Crippen LogP contribution >= 0.6 is 23.4 Å². The number of hydrogen-bond donors (Lipinski definition) is 1. The molecule has 0 unspecified atom stereocenters. The SMILES string of the molecule is COc1ccc2c(Sc3ccc(Cl)cc3)c(C(=O)N3CCN(c4ccccn4)CC3)[nH]c2c1. The van der Waals surface area contributed by atoms with E-state index in [2.05, 4.69) is 14.9 Å². The second-order valence-electron chi connectivity index (χ2n) is 7.76. The van der Waals surface area contributed by atoms with E-state index in [4.69, 9.17) is 16.3 Å². The lowest BCUT2D eigenvalue weighted by molar-refractivity contribution is 0.0738. The summed E-state index contributed by atoms with van der Waals surface area (Å²) in [4.78, 5) is 27.5. The molecule has 1 aliphatic rings. The van der Waals surface area contributed by atoms with Crippen molar-refractivity contribution >= 4 is 46.0 Å². The number of anilines is 1. The fourth-order valence-corrected chi connectivity index (χ4v) is 5.15. The van der Waals surface area contributed by atoms with Gasteiger partial charge in [-0.1, -0.05) is 29.4 Å². The molecule has 8 heteroatoms. The maximum Gasteiger partial charge on any atom is 0.271 e. The molecule has 168 valence electrons. The molecule has 0 radical (unpaired) electrons. The van der Waals surface area contributed by atoms with Crippen molar-refractivity contribution in [1.82, 2.24) is 14.9 Å². The Morgan fingerprint density at radius 2 is 1.85 bits per heavy atom. The summed E-state index contributed by atoms with van der Waals surface area (Å²) in [7, 11) is 1.64. The molecule has 3 heterocycles. The van der Waals surface area contributed by atoms with E-state index in [9.17, 15) is 4.79 Å². The van der Waals surface area contributed by atoms with Gasteiger partial charge in [0.05, 0.1) is 17.5 Å². The number of hydrogen-bond acceptors (Lipinski definition) is 5. The van der Waals surface area contributed by atoms with E-state index in [-0.39, 0.29) is 5.91 Å². The van der Waals surface area contributed by atoms with E-state index in [1.165, 1.54) is 0 Å². The Balaban J connectivity index is 1.43. The van der Waals surface area contributed by atoms with Crippen LogP contribution in [-0.2, 0) is 0 Å². The zero-order chi connectivity index (χ0) is 22.8. The lowest BCUT2D eigenvalue weighted by Crippen LogP contribution is -2.49. The van der Waals surface area contributed by atoms with Gasteiger partial charge in [0.1, 0.15) is 17.3 Å². The minimum absolute atomic E-state index is 0.00213. The Hall–Kier alpha value is -3.16. The van der Waals surface area contributed by atoms with E-state index in [1.54, 1.807) is 25.1 Å². The number of nitrogens with zero attached hydrogens (tertiary/aromatic N) is 3. The van der Waals surface area contributed by atoms with Crippen LogP contribution in [0.5, 0.6) is 5.75 Å². The van der Waals surface area contributed by atoms with Crippen molar-refractivity contribution in [1.29, 1.82) is 0 Å². The van der Waals surface area contributed by atoms with E-state index in [0.717, 1.165) is 45.4 Å². The summed E-state index contributed by atoms with van der Waals surface area (Å²) in [6.07, 6.45) is 1.80. The third-order valence-electron chi connectivity index (χ3n) is 5.75. The number of nitrogens with one attached hydrogen (secondary N) is 1. The van der Waals surface area contributed by atoms with Crippen molar-refractivity contribution in [3.05, 3.63) is 77.6 Å². The van der Waals surface area contributed by atoms with E-state index in [1.807, 2.05) is 65.6 Å². The average Bonchev–Trinajstić information content (AvgIpc) is 3.23. The van der Waals surface area contributed by atoms with Crippen molar-refractivity contribution in [2.45, 2.75) is 9.79 Å². The lowest BCUT2D eigenvalue weighted by Gasteiger charge is -2.35. The van der Waals surface area contributed by atoms with Gasteiger partial charge in [0.15, 0.2) is 0 Å². The molecule has 1 fully saturated rings. The smallest absolute Gasteiger partial charge is 0.271 e. The van der Waals surface area contributed by atoms with Crippen LogP contribution in [-0.4, -0.2) is 54.1 Å². The molecule has 0 aliphatic carbocycles. The number of halogens is 1. The van der Waals surface area contributed by atoms with Crippen molar-refractivity contribution in [3.8, 4) is 5.75 Å². The highest BCUT2D eigenvalue weighted by atomic mass is 35.5. The number of methoxy groups -OCH3 is 1. The van der Waals surface area contributed by atoms with Crippen molar-refractivity contribution in [3.63, 3.8) is 0 Å². The number of benzene rings is 2. The quantitative estimate of drug-likeness (QED) is 0.419. The van der Waals surface area contributed by atoms with Gasteiger partial charge in [-0.2, -0.15) is 0 Å². The number of piperazine rings is 1. The molecule has 6 nitrogen and oxygen atoms in total. The molecule has 1 amide bonds. The van der Waals surface area contributed by atoms with Crippen LogP contribution in [0.25, 0.3) is 10.9 Å². The zero-order valence-electron chi connectivity index (χ0n) is 18.1. The molecule has 2 aromatic heterocycles. The van der Waals surface area contributed by atoms with Crippen LogP contribution in [0.3, 0.4) is 0 Å². The minimum Gasteiger partial charge on any atom is -0.497 e. The number of amides is 1. The molecule has 4 aromatic rings. The molecule has 0 bridgehead atoms. The van der Waals surface area contributed by atoms with Gasteiger partial charge in [-0.05, 0) is 48.5 Å². The molecule has 1 N–H and O–H groups in total. The van der Waals surface area contributed by atoms with Crippen LogP contribution in [0.15, 0.2) is 76.7 Å². The Morgan fingerprint density at radius 3 is 2.55 bits per heavy atom. The number of pyridine rings is 1. The molecule has 33 heavy (non-hydrogen) atoms. The monoisotopic (exact) mass is 478 g/mol. The molecular formula is C25H23ClN4O2S. The molecule has 1 aliphatic heterocycles. The second-order valence-corrected chi connectivity index (χ2v) is 9.28. The summed E-state index contributed by atoms with van der Waals surface area (Å²) in [5.74, 6) is 1.69. The fraction of sp³-hybridized carbons (Fsp3) is 0.200. The Bertz CT molecular complexity index is 1270. The number of H-pyrrole nitrogens is 1. The first-order chi connectivity index (χ1) is 16.1. The molecular weight excluding hydrogens is 456 g/mol. The van der Waals surface area contributed by atoms with Gasteiger partial charge in [0.25, 0.3) is 5.91 Å². The predicted molar refractivity (Wildman–Crippen MR) is 133 cm³/mol. The normalized spacial score (nSPS) is 14.0. The van der Waals surface area contributed by atoms with Gasteiger partial charge in [-0.25, -0.2) is 4.98 Å². The molecule has 0 spiro atoms. The number of aromatic nitrogens is 2. The molecule has 5 rings (SSSR count). The van der Waals surface area contributed by atoms with Crippen molar-refractivity contribution in [2.24, 2.45) is 0 Å². The predicted octanol–water partition coefficient (Wildman–Crippen LogP) is 5.34. The van der Waals surface area contributed by atoms with E-state index in [0.29, 0.717) is 23.8 Å². The third kappa shape index (κ3) is 4.51. The number of ether oxygens (including phenoxy) is 1. The van der Waals surface area contributed by atoms with Gasteiger partial charge in [-0.15, -0.1) is 0 Å². The highest BCUT2D eigenvalue weighted by Gasteiger charge is 2.27. The highest BCUT2D eigenvalue weighted by molar-refractivity contribution is 7.99. The first-order valence-electron chi connectivity index (χ1n) is 10.7. The summed E-state index contributed by atoms with van der Waals surface area (Å²) < 4.78 is 5.39. The van der Waals surface area contributed by atoms with Crippen LogP contribution in [0, 0.1) is 0 Å². The second kappa shape index (κ2) is 9.37. The molecule has 2 aromatic carbocycles. The third-order valence-corrected chi connectivity index (χ3v) is 7.13. The number of carbonyl (C=O) groups excluding carboxylic acids is 1. The summed E-state index contributed by atoms with van der Waals surface area (Å²) >= 11 is 7.63. The fourth-order valence-electron chi connectivity index (χ4n) is 3.99. The Morgan fingerprint density at radius 1 is 1.06 bits per heavy atom. The number of carbonyl (C=O) groups is 1. The van der Waals surface area contributed by atoms with Gasteiger partial charge in [0.2, 0.25) is 0 Å². The Labute approximate surface area is 201 Å². The van der Waals surface area contributed by atoms with Gasteiger partial charge < -0.3 is 19.5 Å². The van der Waals surface area contributed by atoms with Gasteiger partial charge in [-0.3, -0.25) is 4.79 Å². The average molecular weight is 479 g/mol. The van der Waals surface area contributed by atoms with Crippen molar-refractivity contribution < 1.29 is 9.53 Å². The van der Waals surface area contributed by atoms with Crippen LogP contribution in [0.2, 0.25) is 5.02 Å².